The van der Waals surface area contributed by atoms with Gasteiger partial charge in [0.05, 0.1) is 12.0 Å². The van der Waals surface area contributed by atoms with Crippen molar-refractivity contribution in [1.82, 2.24) is 4.90 Å². The van der Waals surface area contributed by atoms with E-state index < -0.39 is 42.9 Å². The Balaban J connectivity index is 1.86. The van der Waals surface area contributed by atoms with Gasteiger partial charge >= 0.3 is 6.03 Å². The van der Waals surface area contributed by atoms with Crippen LogP contribution in [-0.2, 0) is 9.53 Å². The molecule has 3 rings (SSSR count). The molecule has 0 radical (unpaired) electrons. The second-order valence-electron chi connectivity index (χ2n) is 9.88. The normalized spacial score (nSPS) is 24.1. The average Bonchev–Trinajstić information content (AvgIpc) is 2.73. The lowest BCUT2D eigenvalue weighted by Gasteiger charge is -2.50. The molecule has 1 saturated carbocycles. The lowest BCUT2D eigenvalue weighted by Crippen LogP contribution is -2.65. The summed E-state index contributed by atoms with van der Waals surface area (Å²) in [5.41, 5.74) is 5.58. The molecule has 7 nitrogen and oxygen atoms in total. The third-order valence-corrected chi connectivity index (χ3v) is 8.67. The average molecular weight is 605 g/mol. The quantitative estimate of drug-likeness (QED) is 0.285. The summed E-state index contributed by atoms with van der Waals surface area (Å²) in [7, 11) is 0.315. The van der Waals surface area contributed by atoms with Gasteiger partial charge in [-0.2, -0.15) is 0 Å². The smallest absolute Gasteiger partial charge is 0.332 e. The van der Waals surface area contributed by atoms with Gasteiger partial charge in [0.1, 0.15) is 12.4 Å². The van der Waals surface area contributed by atoms with Gasteiger partial charge in [-0.25, -0.2) is 18.5 Å². The number of likely N-dealkylation sites (N-methyl/N-ethyl adjacent to an activating group) is 1. The van der Waals surface area contributed by atoms with Crippen LogP contribution in [0.25, 0.3) is 0 Å². The molecule has 1 spiro atoms. The van der Waals surface area contributed by atoms with Crippen LogP contribution < -0.4 is 10.6 Å². The number of anilines is 1. The summed E-state index contributed by atoms with van der Waals surface area (Å²) in [4.78, 5) is 33.1. The number of urea groups is 1. The number of benzene rings is 1. The summed E-state index contributed by atoms with van der Waals surface area (Å²) in [5, 5.41) is 0. The fourth-order valence-electron chi connectivity index (χ4n) is 4.46. The SMILES string of the molecule is CN1C(=O)N(c2c(F)cc(I)cc2F)C(=O)C[C@]12CCCC(=N\COCC[Si](C)(C)C)/C2=C\N. The fraction of sp³-hybridized carbons (Fsp3) is 0.522. The van der Waals surface area contributed by atoms with Crippen molar-refractivity contribution in [3.8, 4) is 0 Å². The number of imide groups is 1. The highest BCUT2D eigenvalue weighted by molar-refractivity contribution is 14.1. The number of ether oxygens (including phenoxy) is 1. The lowest BCUT2D eigenvalue weighted by molar-refractivity contribution is -0.121. The maximum absolute atomic E-state index is 14.6. The van der Waals surface area contributed by atoms with Crippen LogP contribution in [0.5, 0.6) is 0 Å². The van der Waals surface area contributed by atoms with E-state index >= 15 is 0 Å². The summed E-state index contributed by atoms with van der Waals surface area (Å²) < 4.78 is 35.3. The van der Waals surface area contributed by atoms with E-state index in [9.17, 15) is 18.4 Å². The molecule has 3 amide bonds. The predicted octanol–water partition coefficient (Wildman–Crippen LogP) is 4.88. The van der Waals surface area contributed by atoms with Crippen molar-refractivity contribution in [3.63, 3.8) is 0 Å². The number of amides is 3. The third-order valence-electron chi connectivity index (χ3n) is 6.34. The fourth-order valence-corrected chi connectivity index (χ4v) is 5.76. The number of rotatable bonds is 6. The molecule has 0 unspecified atom stereocenters. The van der Waals surface area contributed by atoms with Gasteiger partial charge in [-0.1, -0.05) is 19.6 Å². The minimum absolute atomic E-state index is 0.154. The Morgan fingerprint density at radius 2 is 1.91 bits per heavy atom. The Labute approximate surface area is 213 Å². The molecule has 1 heterocycles. The minimum atomic E-state index is -1.21. The molecule has 1 aliphatic carbocycles. The van der Waals surface area contributed by atoms with E-state index in [0.29, 0.717) is 45.6 Å². The Hall–Kier alpha value is -1.86. The summed E-state index contributed by atoms with van der Waals surface area (Å²) in [6.45, 7) is 7.61. The van der Waals surface area contributed by atoms with Gasteiger partial charge in [0.15, 0.2) is 11.6 Å². The molecule has 1 saturated heterocycles. The predicted molar refractivity (Wildman–Crippen MR) is 140 cm³/mol. The number of nitrogens with two attached hydrogens (primary N) is 1. The van der Waals surface area contributed by atoms with Crippen LogP contribution >= 0.6 is 22.6 Å². The zero-order valence-electron chi connectivity index (χ0n) is 20.0. The second kappa shape index (κ2) is 10.4. The molecule has 186 valence electrons. The Morgan fingerprint density at radius 3 is 2.50 bits per heavy atom. The van der Waals surface area contributed by atoms with Crippen molar-refractivity contribution in [2.24, 2.45) is 10.7 Å². The van der Waals surface area contributed by atoms with E-state index in [1.165, 1.54) is 18.1 Å². The number of hydrogen-bond acceptors (Lipinski definition) is 5. The largest absolute Gasteiger partial charge is 0.404 e. The van der Waals surface area contributed by atoms with Gasteiger partial charge in [0, 0.05) is 42.8 Å². The van der Waals surface area contributed by atoms with Crippen molar-refractivity contribution in [1.29, 1.82) is 0 Å². The van der Waals surface area contributed by atoms with E-state index in [2.05, 4.69) is 24.6 Å². The highest BCUT2D eigenvalue weighted by Gasteiger charge is 2.53. The number of halogens is 3. The highest BCUT2D eigenvalue weighted by Crippen LogP contribution is 2.43. The van der Waals surface area contributed by atoms with Crippen LogP contribution in [0.1, 0.15) is 25.7 Å². The van der Waals surface area contributed by atoms with E-state index in [0.717, 1.165) is 18.2 Å². The van der Waals surface area contributed by atoms with Gasteiger partial charge in [-0.3, -0.25) is 9.79 Å². The maximum Gasteiger partial charge on any atom is 0.332 e. The topological polar surface area (TPSA) is 88.2 Å². The zero-order chi connectivity index (χ0) is 25.3. The van der Waals surface area contributed by atoms with E-state index in [-0.39, 0.29) is 13.2 Å². The molecule has 1 aromatic rings. The van der Waals surface area contributed by atoms with Gasteiger partial charge in [-0.15, -0.1) is 0 Å². The van der Waals surface area contributed by atoms with Crippen LogP contribution in [-0.4, -0.2) is 56.5 Å². The summed E-state index contributed by atoms with van der Waals surface area (Å²) in [6.07, 6.45) is 3.05. The minimum Gasteiger partial charge on any atom is -0.404 e. The van der Waals surface area contributed by atoms with Crippen molar-refractivity contribution in [2.45, 2.75) is 56.9 Å². The number of carbonyl (C=O) groups is 2. The van der Waals surface area contributed by atoms with Crippen LogP contribution in [0.4, 0.5) is 19.3 Å². The van der Waals surface area contributed by atoms with Gasteiger partial charge < -0.3 is 15.4 Å². The summed E-state index contributed by atoms with van der Waals surface area (Å²) in [5.74, 6) is -2.62. The molecule has 0 aromatic heterocycles. The molecule has 2 fully saturated rings. The molecule has 2 aliphatic rings. The van der Waals surface area contributed by atoms with Gasteiger partial charge in [0.2, 0.25) is 5.91 Å². The second-order valence-corrected chi connectivity index (χ2v) is 16.8. The first-order valence-corrected chi connectivity index (χ1v) is 16.0. The van der Waals surface area contributed by atoms with Crippen LogP contribution in [0.15, 0.2) is 28.9 Å². The molecule has 1 aliphatic heterocycles. The van der Waals surface area contributed by atoms with E-state index in [1.54, 1.807) is 22.6 Å². The molecular formula is C23H31F2IN4O3Si. The lowest BCUT2D eigenvalue weighted by atomic mass is 9.72. The number of hydrogen-bond donors (Lipinski definition) is 1. The van der Waals surface area contributed by atoms with Gasteiger partial charge in [0.25, 0.3) is 0 Å². The molecule has 34 heavy (non-hydrogen) atoms. The maximum atomic E-state index is 14.6. The number of aliphatic imine (C=N–C) groups is 1. The van der Waals surface area contributed by atoms with Crippen LogP contribution in [0.3, 0.4) is 0 Å². The zero-order valence-corrected chi connectivity index (χ0v) is 23.1. The monoisotopic (exact) mass is 604 g/mol. The molecule has 11 heteroatoms. The Morgan fingerprint density at radius 1 is 1.26 bits per heavy atom. The standard InChI is InChI=1S/C23H31F2IN4O3Si/c1-29-22(32)30(21-17(24)10-15(26)11-18(21)25)20(31)12-23(29)7-5-6-19(16(23)13-27)28-14-33-8-9-34(2,3)4/h10-11,13H,5-9,12,14,27H2,1-4H3/b16-13+,28-19+/t23-/m0/s1. The molecule has 2 N–H and O–H groups in total. The third kappa shape index (κ3) is 5.35. The van der Waals surface area contributed by atoms with Crippen molar-refractivity contribution < 1.29 is 23.1 Å². The van der Waals surface area contributed by atoms with E-state index in [4.69, 9.17) is 10.5 Å². The molecular weight excluding hydrogens is 573 g/mol. The van der Waals surface area contributed by atoms with E-state index in [1.807, 2.05) is 0 Å². The first kappa shape index (κ1) is 26.7. The summed E-state index contributed by atoms with van der Waals surface area (Å²) in [6, 6.07) is 2.39. The van der Waals surface area contributed by atoms with Crippen molar-refractivity contribution in [2.75, 3.05) is 25.3 Å². The molecule has 1 aromatic carbocycles. The molecule has 0 bridgehead atoms. The molecule has 1 atom stereocenters. The Bertz CT molecular complexity index is 1020. The first-order chi connectivity index (χ1) is 15.9. The number of carbonyl (C=O) groups excluding carboxylic acids is 2. The van der Waals surface area contributed by atoms with Crippen molar-refractivity contribution >= 4 is 54.0 Å². The van der Waals surface area contributed by atoms with Crippen LogP contribution in [0, 0.1) is 15.2 Å². The van der Waals surface area contributed by atoms with Crippen molar-refractivity contribution in [3.05, 3.63) is 39.1 Å². The Kier molecular flexibility index (Phi) is 8.18. The first-order valence-electron chi connectivity index (χ1n) is 11.2. The van der Waals surface area contributed by atoms with Crippen LogP contribution in [0.2, 0.25) is 25.7 Å². The highest BCUT2D eigenvalue weighted by atomic mass is 127. The van der Waals surface area contributed by atoms with Gasteiger partial charge in [-0.05, 0) is 60.0 Å². The summed E-state index contributed by atoms with van der Waals surface area (Å²) >= 11 is 1.77. The number of nitrogens with zero attached hydrogens (tertiary/aromatic N) is 3.